The maximum atomic E-state index is 12.6. The van der Waals surface area contributed by atoms with Gasteiger partial charge in [0.1, 0.15) is 0 Å². The normalized spacial score (nSPS) is 18.4. The summed E-state index contributed by atoms with van der Waals surface area (Å²) in [7, 11) is 0. The smallest absolute Gasteiger partial charge is 0.228 e. The first-order chi connectivity index (χ1) is 5.98. The summed E-state index contributed by atoms with van der Waals surface area (Å²) in [6.07, 6.45) is -14.8. The third kappa shape index (κ3) is 3.60. The Kier molecular flexibility index (Phi) is 4.20. The Balaban J connectivity index is 4.94. The van der Waals surface area contributed by atoms with E-state index in [1.165, 1.54) is 0 Å². The average molecular weight is 292 g/mol. The van der Waals surface area contributed by atoms with Gasteiger partial charge in [0.2, 0.25) is 0 Å². The number of nitrogens with zero attached hydrogens (tertiary/aromatic N) is 1. The lowest BCUT2D eigenvalue weighted by Crippen LogP contribution is -2.54. The van der Waals surface area contributed by atoms with Crippen LogP contribution >= 0.6 is 15.9 Å². The highest BCUT2D eigenvalue weighted by Crippen LogP contribution is 2.37. The van der Waals surface area contributed by atoms with Crippen molar-refractivity contribution in [2.75, 3.05) is 0 Å². The molecule has 0 aromatic heterocycles. The van der Waals surface area contributed by atoms with Crippen molar-refractivity contribution in [3.8, 4) is 0 Å². The predicted molar refractivity (Wildman–Crippen MR) is 37.2 cm³/mol. The minimum Gasteiger partial charge on any atom is -0.228 e. The zero-order valence-electron chi connectivity index (χ0n) is 6.63. The van der Waals surface area contributed by atoms with Gasteiger partial charge in [-0.2, -0.15) is 26.3 Å². The summed E-state index contributed by atoms with van der Waals surface area (Å²) in [6, 6.07) is 0. The third-order valence-corrected chi connectivity index (χ3v) is 1.61. The highest BCUT2D eigenvalue weighted by molar-refractivity contribution is 9.09. The van der Waals surface area contributed by atoms with Crippen LogP contribution in [0.15, 0.2) is 0 Å². The molecule has 9 heteroatoms. The van der Waals surface area contributed by atoms with Crippen LogP contribution in [-0.4, -0.2) is 28.6 Å². The molecule has 0 aromatic rings. The molecule has 0 aliphatic carbocycles. The lowest BCUT2D eigenvalue weighted by atomic mass is 10.4. The Morgan fingerprint density at radius 3 is 1.36 bits per heavy atom. The minimum absolute atomic E-state index is 0.842. The largest absolute Gasteiger partial charge is 0.469 e. The van der Waals surface area contributed by atoms with E-state index in [0.29, 0.717) is 0 Å². The molecule has 0 rings (SSSR count). The number of halogens is 8. The highest BCUT2D eigenvalue weighted by atomic mass is 79.9. The molecule has 0 N–H and O–H groups in total. The summed E-state index contributed by atoms with van der Waals surface area (Å²) in [6.45, 7) is 0.842. The fraction of sp³-hybridized carbons (Fsp3) is 1.00. The molecular weight excluding hydrogens is 287 g/mol. The van der Waals surface area contributed by atoms with Gasteiger partial charge in [-0.1, -0.05) is 20.8 Å². The molecule has 0 heterocycles. The fourth-order valence-electron chi connectivity index (χ4n) is 0.629. The Bertz CT molecular complexity index is 171. The Morgan fingerprint density at radius 2 is 1.29 bits per heavy atom. The summed E-state index contributed by atoms with van der Waals surface area (Å²) >= 11 is 2.31. The molecule has 86 valence electrons. The summed E-state index contributed by atoms with van der Waals surface area (Å²) in [4.78, 5) is -3.69. The van der Waals surface area contributed by atoms with Crippen LogP contribution in [0.25, 0.3) is 0 Å². The van der Waals surface area contributed by atoms with Gasteiger partial charge in [0.15, 0.2) is 6.30 Å². The zero-order valence-corrected chi connectivity index (χ0v) is 8.21. The molecular formula is C5H5BrF7N. The third-order valence-electron chi connectivity index (χ3n) is 1.17. The van der Waals surface area contributed by atoms with Gasteiger partial charge in [-0.3, -0.25) is 0 Å². The molecule has 0 fully saturated rings. The van der Waals surface area contributed by atoms with E-state index in [4.69, 9.17) is 0 Å². The van der Waals surface area contributed by atoms with Gasteiger partial charge in [0.25, 0.3) is 0 Å². The molecule has 0 aromatic carbocycles. The Morgan fingerprint density at radius 1 is 1.00 bits per heavy atom. The van der Waals surface area contributed by atoms with Crippen LogP contribution in [0, 0.1) is 0 Å². The minimum atomic E-state index is -5.79. The van der Waals surface area contributed by atoms with E-state index >= 15 is 0 Å². The van der Waals surface area contributed by atoms with Gasteiger partial charge < -0.3 is 0 Å². The van der Waals surface area contributed by atoms with Gasteiger partial charge in [-0.15, -0.1) is 0 Å². The molecule has 0 unspecified atom stereocenters. The van der Waals surface area contributed by atoms with E-state index in [-0.39, 0.29) is 0 Å². The lowest BCUT2D eigenvalue weighted by Gasteiger charge is -2.30. The summed E-state index contributed by atoms with van der Waals surface area (Å²) in [5.41, 5.74) is 0. The van der Waals surface area contributed by atoms with E-state index in [9.17, 15) is 30.7 Å². The van der Waals surface area contributed by atoms with Gasteiger partial charge in [-0.05, 0) is 6.92 Å². The molecule has 0 saturated heterocycles. The highest BCUT2D eigenvalue weighted by Gasteiger charge is 2.58. The maximum Gasteiger partial charge on any atom is 0.469 e. The molecule has 14 heavy (non-hydrogen) atoms. The van der Waals surface area contributed by atoms with Crippen LogP contribution < -0.4 is 0 Å². The average Bonchev–Trinajstić information content (AvgIpc) is 1.79. The number of hydrogen-bond acceptors (Lipinski definition) is 1. The second-order valence-electron chi connectivity index (χ2n) is 2.36. The van der Waals surface area contributed by atoms with Crippen molar-refractivity contribution in [1.29, 1.82) is 0 Å². The van der Waals surface area contributed by atoms with Crippen molar-refractivity contribution in [3.63, 3.8) is 0 Å². The molecule has 0 bridgehead atoms. The molecule has 1 nitrogen and oxygen atoms in total. The van der Waals surface area contributed by atoms with Gasteiger partial charge in [0.05, 0.1) is 4.83 Å². The van der Waals surface area contributed by atoms with Crippen LogP contribution in [0.4, 0.5) is 30.7 Å². The van der Waals surface area contributed by atoms with Crippen LogP contribution in [-0.2, 0) is 0 Å². The summed E-state index contributed by atoms with van der Waals surface area (Å²) < 4.78 is 83.3. The number of rotatable bonds is 2. The van der Waals surface area contributed by atoms with E-state index < -0.39 is 28.6 Å². The first kappa shape index (κ1) is 13.9. The van der Waals surface area contributed by atoms with Crippen LogP contribution in [0.2, 0.25) is 0 Å². The standard InChI is InChI=1S/C5H5BrF7N/c1-2(6)3(7)14(4(8,9)10)5(11,12)13/h2-3H,1H3/t2-,3+/m1/s1. The van der Waals surface area contributed by atoms with Crippen molar-refractivity contribution in [3.05, 3.63) is 0 Å². The van der Waals surface area contributed by atoms with Crippen LogP contribution in [0.3, 0.4) is 0 Å². The van der Waals surface area contributed by atoms with Gasteiger partial charge in [-0.25, -0.2) is 4.39 Å². The number of hydrogen-bond donors (Lipinski definition) is 0. The first-order valence-electron chi connectivity index (χ1n) is 3.19. The van der Waals surface area contributed by atoms with Crippen molar-refractivity contribution in [2.24, 2.45) is 0 Å². The van der Waals surface area contributed by atoms with Gasteiger partial charge >= 0.3 is 12.6 Å². The van der Waals surface area contributed by atoms with E-state index in [0.717, 1.165) is 6.92 Å². The summed E-state index contributed by atoms with van der Waals surface area (Å²) in [5, 5.41) is 0. The SMILES string of the molecule is C[C@@H](Br)[C@@H](F)N(C(F)(F)F)C(F)(F)F. The second-order valence-corrected chi connectivity index (χ2v) is 3.80. The molecule has 2 atom stereocenters. The summed E-state index contributed by atoms with van der Waals surface area (Å²) in [5.74, 6) is 0. The topological polar surface area (TPSA) is 3.24 Å². The van der Waals surface area contributed by atoms with Crippen molar-refractivity contribution >= 4 is 15.9 Å². The predicted octanol–water partition coefficient (Wildman–Crippen LogP) is 3.41. The van der Waals surface area contributed by atoms with Crippen LogP contribution in [0.5, 0.6) is 0 Å². The monoisotopic (exact) mass is 291 g/mol. The fourth-order valence-corrected chi connectivity index (χ4v) is 0.865. The Labute approximate surface area is 83.0 Å². The maximum absolute atomic E-state index is 12.6. The lowest BCUT2D eigenvalue weighted by molar-refractivity contribution is -0.395. The molecule has 0 saturated carbocycles. The molecule has 0 radical (unpaired) electrons. The Hall–Kier alpha value is -0.0500. The van der Waals surface area contributed by atoms with E-state index in [2.05, 4.69) is 15.9 Å². The van der Waals surface area contributed by atoms with E-state index in [1.54, 1.807) is 0 Å². The molecule has 0 spiro atoms. The number of alkyl halides is 8. The molecule has 0 aliphatic heterocycles. The van der Waals surface area contributed by atoms with Crippen molar-refractivity contribution < 1.29 is 30.7 Å². The molecule has 0 amide bonds. The zero-order chi connectivity index (χ0) is 11.7. The van der Waals surface area contributed by atoms with Crippen molar-refractivity contribution in [1.82, 2.24) is 4.90 Å². The molecule has 0 aliphatic rings. The first-order valence-corrected chi connectivity index (χ1v) is 4.10. The second kappa shape index (κ2) is 4.21. The van der Waals surface area contributed by atoms with Crippen LogP contribution in [0.1, 0.15) is 6.92 Å². The quantitative estimate of drug-likeness (QED) is 0.428. The van der Waals surface area contributed by atoms with Crippen molar-refractivity contribution in [2.45, 2.75) is 30.6 Å². The van der Waals surface area contributed by atoms with E-state index in [1.807, 2.05) is 0 Å². The van der Waals surface area contributed by atoms with Gasteiger partial charge in [0, 0.05) is 0 Å².